The van der Waals surface area contributed by atoms with E-state index >= 15 is 0 Å². The Bertz CT molecular complexity index is 528. The number of hydrogen-bond acceptors (Lipinski definition) is 3. The van der Waals surface area contributed by atoms with Gasteiger partial charge in [0.2, 0.25) is 0 Å². The fraction of sp³-hybridized carbons (Fsp3) is 0.286. The fourth-order valence-electron chi connectivity index (χ4n) is 1.41. The molecular weight excluding hydrogens is 319 g/mol. The molecule has 0 saturated carbocycles. The molecule has 0 N–H and O–H groups in total. The minimum Gasteiger partial charge on any atom is -0.289 e. The van der Waals surface area contributed by atoms with Crippen LogP contribution in [0.2, 0.25) is 0 Å². The molecule has 0 spiro atoms. The number of thiazole rings is 1. The van der Waals surface area contributed by atoms with Gasteiger partial charge in [-0.2, -0.15) is 30.3 Å². The van der Waals surface area contributed by atoms with Gasteiger partial charge < -0.3 is 0 Å². The molecular formula is C14H14NOSY-. The van der Waals surface area contributed by atoms with Crippen LogP contribution in [-0.4, -0.2) is 10.8 Å². The maximum Gasteiger partial charge on any atom is 0.188 e. The minimum absolute atomic E-state index is 0. The molecule has 0 aliphatic rings. The van der Waals surface area contributed by atoms with E-state index in [4.69, 9.17) is 0 Å². The predicted octanol–water partition coefficient (Wildman–Crippen LogP) is 3.47. The summed E-state index contributed by atoms with van der Waals surface area (Å²) in [5.74, 6) is -0.0225. The Morgan fingerprint density at radius 2 is 1.89 bits per heavy atom. The predicted molar refractivity (Wildman–Crippen MR) is 69.5 cm³/mol. The van der Waals surface area contributed by atoms with Crippen molar-refractivity contribution in [3.8, 4) is 0 Å². The summed E-state index contributed by atoms with van der Waals surface area (Å²) in [4.78, 5) is 16.5. The third-order valence-corrected chi connectivity index (χ3v) is 3.63. The Morgan fingerprint density at radius 3 is 2.39 bits per heavy atom. The van der Waals surface area contributed by atoms with Crippen molar-refractivity contribution >= 4 is 17.1 Å². The van der Waals surface area contributed by atoms with Gasteiger partial charge in [-0.3, -0.25) is 4.79 Å². The van der Waals surface area contributed by atoms with Crippen LogP contribution < -0.4 is 0 Å². The molecule has 1 aromatic heterocycles. The van der Waals surface area contributed by atoms with Crippen molar-refractivity contribution in [2.24, 2.45) is 0 Å². The molecule has 0 bridgehead atoms. The third kappa shape index (κ3) is 3.56. The molecule has 1 heterocycles. The first-order valence-corrected chi connectivity index (χ1v) is 6.33. The van der Waals surface area contributed by atoms with E-state index in [1.54, 1.807) is 24.3 Å². The largest absolute Gasteiger partial charge is 0.289 e. The van der Waals surface area contributed by atoms with Gasteiger partial charge in [-0.05, 0) is 0 Å². The summed E-state index contributed by atoms with van der Waals surface area (Å²) in [5, 5.41) is 2.82. The zero-order valence-corrected chi connectivity index (χ0v) is 14.4. The molecule has 0 fully saturated rings. The number of carbonyl (C=O) groups excluding carboxylic acids is 1. The first-order valence-electron chi connectivity index (χ1n) is 5.45. The van der Waals surface area contributed by atoms with Crippen LogP contribution in [0.1, 0.15) is 41.8 Å². The summed E-state index contributed by atoms with van der Waals surface area (Å²) in [7, 11) is 0. The molecule has 2 nitrogen and oxygen atoms in total. The van der Waals surface area contributed by atoms with E-state index in [0.29, 0.717) is 11.3 Å². The number of carbonyl (C=O) groups is 1. The van der Waals surface area contributed by atoms with E-state index in [1.165, 1.54) is 11.3 Å². The van der Waals surface area contributed by atoms with Gasteiger partial charge in [-0.1, -0.05) is 26.3 Å². The molecule has 0 amide bonds. The molecule has 1 radical (unpaired) electrons. The molecule has 0 unspecified atom stereocenters. The van der Waals surface area contributed by atoms with Gasteiger partial charge in [0, 0.05) is 43.5 Å². The number of benzene rings is 1. The molecule has 2 aromatic rings. The Kier molecular flexibility index (Phi) is 5.38. The second-order valence-corrected chi connectivity index (χ2v) is 5.76. The van der Waals surface area contributed by atoms with Crippen LogP contribution in [0, 0.1) is 6.07 Å². The summed E-state index contributed by atoms with van der Waals surface area (Å²) < 4.78 is 0. The van der Waals surface area contributed by atoms with Crippen LogP contribution in [0.25, 0.3) is 0 Å². The van der Waals surface area contributed by atoms with Crippen LogP contribution in [0.15, 0.2) is 29.6 Å². The summed E-state index contributed by atoms with van der Waals surface area (Å²) >= 11 is 1.54. The third-order valence-electron chi connectivity index (χ3n) is 2.36. The summed E-state index contributed by atoms with van der Waals surface area (Å²) in [6, 6.07) is 9.90. The fourth-order valence-corrected chi connectivity index (χ4v) is 2.30. The van der Waals surface area contributed by atoms with E-state index in [2.05, 4.69) is 31.8 Å². The zero-order chi connectivity index (χ0) is 12.5. The standard InChI is InChI=1S/C14H14NOS.Y/c1-14(2,3)13-15-11(9-17-13)12(16)10-7-5-4-6-8-10;/h5-9H,1-3H3;/q-1;. The topological polar surface area (TPSA) is 30.0 Å². The second-order valence-electron chi connectivity index (χ2n) is 4.91. The molecule has 1 aromatic carbocycles. The van der Waals surface area contributed by atoms with Gasteiger partial charge in [-0.15, -0.1) is 11.3 Å². The van der Waals surface area contributed by atoms with Gasteiger partial charge in [0.1, 0.15) is 5.69 Å². The number of rotatable bonds is 2. The molecule has 0 aliphatic carbocycles. The van der Waals surface area contributed by atoms with Crippen LogP contribution in [0.4, 0.5) is 0 Å². The van der Waals surface area contributed by atoms with E-state index in [1.807, 2.05) is 5.38 Å². The quantitative estimate of drug-likeness (QED) is 0.622. The number of nitrogens with zero attached hydrogens (tertiary/aromatic N) is 1. The van der Waals surface area contributed by atoms with Gasteiger partial charge in [0.25, 0.3) is 0 Å². The molecule has 0 aliphatic heterocycles. The second kappa shape index (κ2) is 6.18. The van der Waals surface area contributed by atoms with Gasteiger partial charge >= 0.3 is 0 Å². The van der Waals surface area contributed by atoms with Crippen molar-refractivity contribution in [3.63, 3.8) is 0 Å². The zero-order valence-electron chi connectivity index (χ0n) is 10.7. The Labute approximate surface area is 137 Å². The molecule has 0 saturated heterocycles. The Balaban J connectivity index is 0.00000162. The van der Waals surface area contributed by atoms with Crippen LogP contribution in [-0.2, 0) is 38.1 Å². The molecule has 2 rings (SSSR count). The molecule has 91 valence electrons. The van der Waals surface area contributed by atoms with Crippen molar-refractivity contribution in [2.45, 2.75) is 26.2 Å². The van der Waals surface area contributed by atoms with Crippen molar-refractivity contribution in [2.75, 3.05) is 0 Å². The van der Waals surface area contributed by atoms with Gasteiger partial charge in [0.05, 0.1) is 5.01 Å². The van der Waals surface area contributed by atoms with E-state index in [0.717, 1.165) is 5.01 Å². The van der Waals surface area contributed by atoms with Crippen LogP contribution in [0.3, 0.4) is 0 Å². The summed E-state index contributed by atoms with van der Waals surface area (Å²) in [6.45, 7) is 6.28. The number of aromatic nitrogens is 1. The van der Waals surface area contributed by atoms with Gasteiger partial charge in [-0.25, -0.2) is 4.98 Å². The normalized spacial score (nSPS) is 10.8. The molecule has 18 heavy (non-hydrogen) atoms. The van der Waals surface area contributed by atoms with Gasteiger partial charge in [0.15, 0.2) is 5.78 Å². The van der Waals surface area contributed by atoms with Crippen molar-refractivity contribution < 1.29 is 37.5 Å². The Hall–Kier alpha value is -0.376. The first kappa shape index (κ1) is 15.7. The monoisotopic (exact) mass is 333 g/mol. The number of ketones is 1. The number of hydrogen-bond donors (Lipinski definition) is 0. The maximum absolute atomic E-state index is 12.1. The summed E-state index contributed by atoms with van der Waals surface area (Å²) in [5.41, 5.74) is 1.19. The minimum atomic E-state index is -0.0225. The molecule has 0 atom stereocenters. The van der Waals surface area contributed by atoms with E-state index in [-0.39, 0.29) is 43.9 Å². The smallest absolute Gasteiger partial charge is 0.188 e. The van der Waals surface area contributed by atoms with E-state index in [9.17, 15) is 4.79 Å². The molecule has 4 heteroatoms. The van der Waals surface area contributed by atoms with E-state index < -0.39 is 0 Å². The Morgan fingerprint density at radius 1 is 1.28 bits per heavy atom. The maximum atomic E-state index is 12.1. The average molecular weight is 333 g/mol. The van der Waals surface area contributed by atoms with Crippen molar-refractivity contribution in [3.05, 3.63) is 52.0 Å². The average Bonchev–Trinajstić information content (AvgIpc) is 2.78. The van der Waals surface area contributed by atoms with Crippen LogP contribution >= 0.6 is 11.3 Å². The van der Waals surface area contributed by atoms with Crippen LogP contribution in [0.5, 0.6) is 0 Å². The first-order chi connectivity index (χ1) is 7.98. The van der Waals surface area contributed by atoms with Crippen molar-refractivity contribution in [1.29, 1.82) is 0 Å². The van der Waals surface area contributed by atoms with Crippen molar-refractivity contribution in [1.82, 2.24) is 4.98 Å². The summed E-state index contributed by atoms with van der Waals surface area (Å²) in [6.07, 6.45) is 0. The SMILES string of the molecule is CC(C)(C)c1nc(C(=O)c2cc[c-]cc2)cs1.[Y].